The summed E-state index contributed by atoms with van der Waals surface area (Å²) in [5.41, 5.74) is 6.94. The summed E-state index contributed by atoms with van der Waals surface area (Å²) in [6.07, 6.45) is -0.0817. The SMILES string of the molecule is CN1CC(F)CNC1C(C(=O)Nc1cnccc1N1CCN(S(=O)(=O)C2COC2)CC1)C(N)N=O. The number of nitrogens with two attached hydrogens (primary N) is 1. The predicted molar refractivity (Wildman–Crippen MR) is 127 cm³/mol. The standard InChI is InChI=1S/C20H31FN8O5S/c1-27-10-13(21)8-24-19(27)17(18(22)26-31)20(30)25-15-9-23-3-2-16(15)28-4-6-29(7-5-28)35(32,33)14-11-34-12-14/h2-3,9,13-14,17-19,24H,4-8,10-12,22H2,1H3,(H,25,30). The number of sulfonamides is 1. The molecule has 0 spiro atoms. The van der Waals surface area contributed by atoms with Gasteiger partial charge in [-0.3, -0.25) is 20.0 Å². The number of hydrogen-bond donors (Lipinski definition) is 3. The van der Waals surface area contributed by atoms with E-state index in [9.17, 15) is 22.5 Å². The average molecular weight is 515 g/mol. The minimum Gasteiger partial charge on any atom is -0.378 e. The minimum atomic E-state index is -3.40. The quantitative estimate of drug-likeness (QED) is 0.357. The van der Waals surface area contributed by atoms with Crippen LogP contribution in [0.2, 0.25) is 0 Å². The van der Waals surface area contributed by atoms with Crippen LogP contribution in [0.25, 0.3) is 0 Å². The number of halogens is 1. The van der Waals surface area contributed by atoms with Crippen molar-refractivity contribution in [3.63, 3.8) is 0 Å². The summed E-state index contributed by atoms with van der Waals surface area (Å²) in [6.45, 7) is 2.01. The molecule has 1 aromatic rings. The molecule has 3 aliphatic rings. The summed E-state index contributed by atoms with van der Waals surface area (Å²) < 4.78 is 45.6. The van der Waals surface area contributed by atoms with Crippen molar-refractivity contribution in [1.29, 1.82) is 0 Å². The van der Waals surface area contributed by atoms with Gasteiger partial charge < -0.3 is 20.7 Å². The molecule has 1 aromatic heterocycles. The van der Waals surface area contributed by atoms with Crippen molar-refractivity contribution >= 4 is 27.3 Å². The van der Waals surface area contributed by atoms with E-state index in [0.717, 1.165) is 0 Å². The smallest absolute Gasteiger partial charge is 0.234 e. The molecule has 13 nitrogen and oxygen atoms in total. The molecule has 4 unspecified atom stereocenters. The van der Waals surface area contributed by atoms with Crippen LogP contribution in [0.3, 0.4) is 0 Å². The van der Waals surface area contributed by atoms with Gasteiger partial charge in [-0.15, -0.1) is 4.91 Å². The molecule has 15 heteroatoms. The van der Waals surface area contributed by atoms with Crippen LogP contribution in [-0.2, 0) is 19.6 Å². The zero-order valence-electron chi connectivity index (χ0n) is 19.4. The molecule has 3 aliphatic heterocycles. The van der Waals surface area contributed by atoms with E-state index in [0.29, 0.717) is 37.6 Å². The van der Waals surface area contributed by atoms with Gasteiger partial charge in [0.05, 0.1) is 37.0 Å². The molecule has 35 heavy (non-hydrogen) atoms. The third-order valence-corrected chi connectivity index (χ3v) is 8.87. The lowest BCUT2D eigenvalue weighted by Gasteiger charge is -2.40. The first-order chi connectivity index (χ1) is 16.7. The Labute approximate surface area is 203 Å². The lowest BCUT2D eigenvalue weighted by molar-refractivity contribution is -0.124. The molecular weight excluding hydrogens is 483 g/mol. The lowest BCUT2D eigenvalue weighted by Crippen LogP contribution is -2.62. The van der Waals surface area contributed by atoms with Gasteiger partial charge in [-0.25, -0.2) is 12.8 Å². The fraction of sp³-hybridized carbons (Fsp3) is 0.700. The number of carbonyl (C=O) groups excluding carboxylic acids is 1. The summed E-state index contributed by atoms with van der Waals surface area (Å²) in [7, 11) is -1.76. The van der Waals surface area contributed by atoms with Crippen LogP contribution in [0.15, 0.2) is 23.6 Å². The van der Waals surface area contributed by atoms with Crippen molar-refractivity contribution in [2.45, 2.75) is 23.8 Å². The number of nitrogens with one attached hydrogen (secondary N) is 2. The second-order valence-electron chi connectivity index (χ2n) is 8.98. The molecule has 1 amide bonds. The fourth-order valence-corrected chi connectivity index (χ4v) is 6.23. The number of carbonyl (C=O) groups is 1. The zero-order chi connectivity index (χ0) is 25.2. The number of amides is 1. The highest BCUT2D eigenvalue weighted by atomic mass is 32.2. The van der Waals surface area contributed by atoms with Crippen LogP contribution in [-0.4, -0.2) is 112 Å². The first kappa shape index (κ1) is 25.8. The average Bonchev–Trinajstić information content (AvgIpc) is 2.79. The molecule has 0 aromatic carbocycles. The Morgan fingerprint density at radius 1 is 1.34 bits per heavy atom. The maximum Gasteiger partial charge on any atom is 0.234 e. The molecule has 4 heterocycles. The number of rotatable bonds is 8. The van der Waals surface area contributed by atoms with Crippen molar-refractivity contribution < 1.29 is 22.3 Å². The second kappa shape index (κ2) is 10.8. The van der Waals surface area contributed by atoms with E-state index in [1.807, 2.05) is 4.90 Å². The lowest BCUT2D eigenvalue weighted by atomic mass is 9.98. The Bertz CT molecular complexity index is 1020. The Balaban J connectivity index is 1.46. The topological polar surface area (TPSA) is 163 Å². The Hall–Kier alpha value is -2.30. The number of piperazine rings is 1. The summed E-state index contributed by atoms with van der Waals surface area (Å²) >= 11 is 0. The number of alkyl halides is 1. The van der Waals surface area contributed by atoms with Crippen LogP contribution < -0.4 is 21.3 Å². The first-order valence-corrected chi connectivity index (χ1v) is 12.9. The number of pyridine rings is 1. The third-order valence-electron chi connectivity index (χ3n) is 6.67. The van der Waals surface area contributed by atoms with Crippen LogP contribution in [0.4, 0.5) is 15.8 Å². The second-order valence-corrected chi connectivity index (χ2v) is 11.2. The summed E-state index contributed by atoms with van der Waals surface area (Å²) in [5.74, 6) is -1.64. The molecule has 4 rings (SSSR count). The molecular formula is C20H31FN8O5S. The van der Waals surface area contributed by atoms with Gasteiger partial charge in [0.1, 0.15) is 17.3 Å². The van der Waals surface area contributed by atoms with Crippen LogP contribution >= 0.6 is 0 Å². The number of ether oxygens (including phenoxy) is 1. The van der Waals surface area contributed by atoms with Crippen LogP contribution in [0.5, 0.6) is 0 Å². The van der Waals surface area contributed by atoms with E-state index in [2.05, 4.69) is 20.8 Å². The number of anilines is 2. The monoisotopic (exact) mass is 514 g/mol. The number of hydrogen-bond acceptors (Lipinski definition) is 11. The van der Waals surface area contributed by atoms with Gasteiger partial charge >= 0.3 is 0 Å². The van der Waals surface area contributed by atoms with E-state index in [1.54, 1.807) is 24.2 Å². The summed E-state index contributed by atoms with van der Waals surface area (Å²) in [6, 6.07) is 1.73. The van der Waals surface area contributed by atoms with Gasteiger partial charge in [-0.1, -0.05) is 5.18 Å². The Kier molecular flexibility index (Phi) is 7.92. The maximum absolute atomic E-state index is 13.7. The third kappa shape index (κ3) is 5.44. The zero-order valence-corrected chi connectivity index (χ0v) is 20.2. The fourth-order valence-electron chi connectivity index (χ4n) is 4.60. The largest absolute Gasteiger partial charge is 0.378 e. The maximum atomic E-state index is 13.7. The van der Waals surface area contributed by atoms with Crippen molar-refractivity contribution in [1.82, 2.24) is 19.5 Å². The van der Waals surface area contributed by atoms with Gasteiger partial charge in [0.25, 0.3) is 0 Å². The molecule has 3 saturated heterocycles. The van der Waals surface area contributed by atoms with Crippen molar-refractivity contribution in [2.75, 3.05) is 69.7 Å². The first-order valence-electron chi connectivity index (χ1n) is 11.4. The van der Waals surface area contributed by atoms with Gasteiger partial charge in [0.2, 0.25) is 15.9 Å². The molecule has 194 valence electrons. The number of nitrogens with zero attached hydrogens (tertiary/aromatic N) is 5. The Morgan fingerprint density at radius 3 is 2.66 bits per heavy atom. The highest BCUT2D eigenvalue weighted by Crippen LogP contribution is 2.28. The van der Waals surface area contributed by atoms with E-state index in [-0.39, 0.29) is 26.3 Å². The molecule has 0 saturated carbocycles. The van der Waals surface area contributed by atoms with Crippen molar-refractivity contribution in [2.24, 2.45) is 16.8 Å². The number of aromatic nitrogens is 1. The van der Waals surface area contributed by atoms with Crippen LogP contribution in [0.1, 0.15) is 0 Å². The summed E-state index contributed by atoms with van der Waals surface area (Å²) in [4.78, 5) is 32.2. The molecule has 3 fully saturated rings. The molecule has 0 aliphatic carbocycles. The Morgan fingerprint density at radius 2 is 2.06 bits per heavy atom. The highest BCUT2D eigenvalue weighted by Gasteiger charge is 2.41. The van der Waals surface area contributed by atoms with E-state index in [4.69, 9.17) is 10.5 Å². The predicted octanol–water partition coefficient (Wildman–Crippen LogP) is -1.26. The van der Waals surface area contributed by atoms with Crippen molar-refractivity contribution in [3.05, 3.63) is 23.4 Å². The van der Waals surface area contributed by atoms with Gasteiger partial charge in [0, 0.05) is 45.5 Å². The number of nitroso groups, excluding NO2 is 1. The van der Waals surface area contributed by atoms with Crippen LogP contribution in [0, 0.1) is 10.8 Å². The van der Waals surface area contributed by atoms with Gasteiger partial charge in [-0.2, -0.15) is 4.31 Å². The molecule has 0 radical (unpaired) electrons. The van der Waals surface area contributed by atoms with Crippen molar-refractivity contribution in [3.8, 4) is 0 Å². The molecule has 4 atom stereocenters. The highest BCUT2D eigenvalue weighted by molar-refractivity contribution is 7.89. The van der Waals surface area contributed by atoms with Gasteiger partial charge in [-0.05, 0) is 13.1 Å². The summed E-state index contributed by atoms with van der Waals surface area (Å²) in [5, 5.41) is 8.10. The van der Waals surface area contributed by atoms with E-state index < -0.39 is 45.6 Å². The molecule has 0 bridgehead atoms. The van der Waals surface area contributed by atoms with E-state index in [1.165, 1.54) is 10.5 Å². The normalized spacial score (nSPS) is 26.5. The van der Waals surface area contributed by atoms with E-state index >= 15 is 0 Å². The molecule has 4 N–H and O–H groups in total. The minimum absolute atomic E-state index is 0.0304. The van der Waals surface area contributed by atoms with Gasteiger partial charge in [0.15, 0.2) is 6.17 Å².